The van der Waals surface area contributed by atoms with Gasteiger partial charge in [-0.15, -0.1) is 0 Å². The molecule has 3 rings (SSSR count). The van der Waals surface area contributed by atoms with Crippen LogP contribution in [-0.2, 0) is 29.0 Å². The fourth-order valence-electron chi connectivity index (χ4n) is 3.28. The lowest BCUT2D eigenvalue weighted by Crippen LogP contribution is -2.32. The van der Waals surface area contributed by atoms with Gasteiger partial charge in [-0.3, -0.25) is 4.18 Å². The molecule has 164 valence electrons. The molecular formula is C15H14F6O5S3. The lowest BCUT2D eigenvalue weighted by Gasteiger charge is -2.40. The van der Waals surface area contributed by atoms with Crippen molar-refractivity contribution in [2.75, 3.05) is 5.94 Å². The van der Waals surface area contributed by atoms with Crippen LogP contribution in [0, 0.1) is 5.92 Å². The van der Waals surface area contributed by atoms with E-state index in [9.17, 15) is 39.0 Å². The molecule has 1 fully saturated rings. The van der Waals surface area contributed by atoms with E-state index < -0.39 is 59.6 Å². The molecule has 29 heavy (non-hydrogen) atoms. The maximum Gasteiger partial charge on any atom is 0.523 e. The Kier molecular flexibility index (Phi) is 5.88. The van der Waals surface area contributed by atoms with Crippen molar-refractivity contribution >= 4 is 31.5 Å². The maximum atomic E-state index is 13.0. The van der Waals surface area contributed by atoms with Gasteiger partial charge in [-0.25, -0.2) is 7.84 Å². The van der Waals surface area contributed by atoms with Gasteiger partial charge in [0.1, 0.15) is 5.94 Å². The Hall–Kier alpha value is -1.09. The monoisotopic (exact) mass is 484 g/mol. The predicted molar refractivity (Wildman–Crippen MR) is 94.8 cm³/mol. The van der Waals surface area contributed by atoms with Gasteiger partial charge in [0, 0.05) is 16.1 Å². The zero-order valence-corrected chi connectivity index (χ0v) is 16.7. The number of fused-ring (bicyclic) bond motifs is 3. The van der Waals surface area contributed by atoms with Gasteiger partial charge in [0.25, 0.3) is 11.1 Å². The van der Waals surface area contributed by atoms with Crippen LogP contribution < -0.4 is 0 Å². The van der Waals surface area contributed by atoms with Crippen molar-refractivity contribution in [1.29, 1.82) is 0 Å². The van der Waals surface area contributed by atoms with Crippen molar-refractivity contribution in [1.82, 2.24) is 0 Å². The number of allylic oxidation sites excluding steroid dienone is 6. The summed E-state index contributed by atoms with van der Waals surface area (Å²) < 4.78 is 121. The third-order valence-corrected chi connectivity index (χ3v) is 10.4. The molecule has 1 saturated heterocycles. The second kappa shape index (κ2) is 7.55. The van der Waals surface area contributed by atoms with E-state index in [0.29, 0.717) is 18.4 Å². The summed E-state index contributed by atoms with van der Waals surface area (Å²) in [5, 5.41) is -0.960. The number of rotatable bonds is 5. The molecule has 4 unspecified atom stereocenters. The third-order valence-electron chi connectivity index (χ3n) is 4.43. The SMILES string of the molecule is O=S(OS1(COS(=O)(=O)C(F)(F)F)C2=CCCC=C2C2C=CC=CC21)C(F)(F)F. The van der Waals surface area contributed by atoms with Crippen LogP contribution >= 0.6 is 10.3 Å². The van der Waals surface area contributed by atoms with Gasteiger partial charge in [0.2, 0.25) is 0 Å². The number of hydrogen-bond donors (Lipinski definition) is 0. The molecule has 5 nitrogen and oxygen atoms in total. The van der Waals surface area contributed by atoms with E-state index in [1.807, 2.05) is 0 Å². The molecular weight excluding hydrogens is 470 g/mol. The molecule has 0 aromatic carbocycles. The summed E-state index contributed by atoms with van der Waals surface area (Å²) in [4.78, 5) is 0.130. The molecule has 4 atom stereocenters. The molecule has 0 saturated carbocycles. The Bertz CT molecular complexity index is 931. The summed E-state index contributed by atoms with van der Waals surface area (Å²) >= 11 is -3.89. The van der Waals surface area contributed by atoms with Gasteiger partial charge in [0.15, 0.2) is 0 Å². The van der Waals surface area contributed by atoms with E-state index in [1.165, 1.54) is 18.2 Å². The molecule has 2 aliphatic carbocycles. The fraction of sp³-hybridized carbons (Fsp3) is 0.467. The van der Waals surface area contributed by atoms with Crippen molar-refractivity contribution in [3.63, 3.8) is 0 Å². The molecule has 3 aliphatic rings. The summed E-state index contributed by atoms with van der Waals surface area (Å²) in [6, 6.07) is 0. The number of hydrogen-bond acceptors (Lipinski definition) is 5. The van der Waals surface area contributed by atoms with Crippen molar-refractivity contribution in [3.05, 3.63) is 46.9 Å². The topological polar surface area (TPSA) is 69.7 Å². The zero-order valence-electron chi connectivity index (χ0n) is 14.3. The van der Waals surface area contributed by atoms with E-state index in [1.54, 1.807) is 18.2 Å². The second-order valence-electron chi connectivity index (χ2n) is 6.18. The highest BCUT2D eigenvalue weighted by Gasteiger charge is 2.57. The van der Waals surface area contributed by atoms with Gasteiger partial charge in [-0.1, -0.05) is 46.8 Å². The molecule has 0 radical (unpaired) electrons. The van der Waals surface area contributed by atoms with E-state index in [2.05, 4.69) is 4.18 Å². The van der Waals surface area contributed by atoms with Gasteiger partial charge >= 0.3 is 21.1 Å². The first-order chi connectivity index (χ1) is 13.3. The van der Waals surface area contributed by atoms with E-state index >= 15 is 0 Å². The third kappa shape index (κ3) is 4.09. The molecule has 0 bridgehead atoms. The highest BCUT2D eigenvalue weighted by Crippen LogP contribution is 2.73. The van der Waals surface area contributed by atoms with Crippen LogP contribution in [0.25, 0.3) is 0 Å². The number of halogens is 6. The van der Waals surface area contributed by atoms with Crippen molar-refractivity contribution in [2.24, 2.45) is 5.92 Å². The fourth-order valence-corrected chi connectivity index (χ4v) is 9.15. The Morgan fingerprint density at radius 1 is 1.07 bits per heavy atom. The largest absolute Gasteiger partial charge is 0.523 e. The van der Waals surface area contributed by atoms with Gasteiger partial charge in [-0.05, 0) is 18.4 Å². The Labute approximate surface area is 166 Å². The second-order valence-corrected chi connectivity index (χ2v) is 11.9. The minimum atomic E-state index is -6.10. The molecule has 1 aliphatic heterocycles. The van der Waals surface area contributed by atoms with Crippen LogP contribution in [0.2, 0.25) is 0 Å². The lowest BCUT2D eigenvalue weighted by atomic mass is 9.89. The zero-order chi connectivity index (χ0) is 21.7. The van der Waals surface area contributed by atoms with E-state index in [0.717, 1.165) is 0 Å². The van der Waals surface area contributed by atoms with Crippen LogP contribution in [0.15, 0.2) is 46.9 Å². The average molecular weight is 484 g/mol. The van der Waals surface area contributed by atoms with Crippen molar-refractivity contribution in [2.45, 2.75) is 29.1 Å². The van der Waals surface area contributed by atoms with Crippen LogP contribution in [-0.4, -0.2) is 34.8 Å². The quantitative estimate of drug-likeness (QED) is 0.328. The van der Waals surface area contributed by atoms with E-state index in [4.69, 9.17) is 3.63 Å². The van der Waals surface area contributed by atoms with Gasteiger partial charge in [-0.2, -0.15) is 34.8 Å². The normalized spacial score (nSPS) is 32.6. The Balaban J connectivity index is 2.09. The minimum Gasteiger partial charge on any atom is -0.251 e. The highest BCUT2D eigenvalue weighted by molar-refractivity contribution is 8.36. The molecule has 0 spiro atoms. The van der Waals surface area contributed by atoms with Crippen LogP contribution in [0.4, 0.5) is 26.3 Å². The first kappa shape index (κ1) is 22.6. The molecule has 0 aromatic rings. The first-order valence-corrected chi connectivity index (χ1v) is 12.3. The summed E-state index contributed by atoms with van der Waals surface area (Å²) in [5.41, 5.74) is -10.6. The van der Waals surface area contributed by atoms with Crippen molar-refractivity contribution in [3.8, 4) is 0 Å². The predicted octanol–water partition coefficient (Wildman–Crippen LogP) is 4.46. The lowest BCUT2D eigenvalue weighted by molar-refractivity contribution is -0.0532. The van der Waals surface area contributed by atoms with E-state index in [-0.39, 0.29) is 4.91 Å². The van der Waals surface area contributed by atoms with Gasteiger partial charge in [0.05, 0.1) is 0 Å². The molecule has 14 heteroatoms. The van der Waals surface area contributed by atoms with Crippen LogP contribution in [0.5, 0.6) is 0 Å². The van der Waals surface area contributed by atoms with Crippen molar-refractivity contribution < 1.29 is 46.8 Å². The summed E-state index contributed by atoms with van der Waals surface area (Å²) in [6.07, 6.45) is 10.2. The minimum absolute atomic E-state index is 0.130. The Morgan fingerprint density at radius 3 is 2.31 bits per heavy atom. The standard InChI is InChI=1S/C15H14F6O5S3/c16-14(17,18)27(22)26-28(9-25-29(23,24)15(19,20)21)12-7-3-1-5-10(12)11-6-2-4-8-13(11)28/h1,3,5-8,10,12H,2,4,9H2. The molecule has 0 aromatic heterocycles. The van der Waals surface area contributed by atoms with Crippen LogP contribution in [0.1, 0.15) is 12.8 Å². The summed E-state index contributed by atoms with van der Waals surface area (Å²) in [7, 11) is -9.60. The summed E-state index contributed by atoms with van der Waals surface area (Å²) in [5.74, 6) is -1.89. The molecule has 1 heterocycles. The van der Waals surface area contributed by atoms with Gasteiger partial charge < -0.3 is 0 Å². The molecule has 0 N–H and O–H groups in total. The average Bonchev–Trinajstić information content (AvgIpc) is 2.90. The Morgan fingerprint density at radius 2 is 1.69 bits per heavy atom. The maximum absolute atomic E-state index is 13.0. The highest BCUT2D eigenvalue weighted by atomic mass is 32.3. The first-order valence-electron chi connectivity index (χ1n) is 7.99. The van der Waals surface area contributed by atoms with Crippen LogP contribution in [0.3, 0.4) is 0 Å². The molecule has 0 amide bonds. The summed E-state index contributed by atoms with van der Waals surface area (Å²) in [6.45, 7) is 0. The number of alkyl halides is 6. The smallest absolute Gasteiger partial charge is 0.251 e.